The summed E-state index contributed by atoms with van der Waals surface area (Å²) < 4.78 is 0. The Hall–Kier alpha value is -0.530. The number of nitrogens with one attached hydrogen (secondary N) is 1. The van der Waals surface area contributed by atoms with Crippen LogP contribution in [-0.2, 0) is 4.79 Å². The molecule has 0 saturated carbocycles. The normalized spacial score (nSPS) is 11.8. The first-order valence-corrected chi connectivity index (χ1v) is 5.71. The molecule has 2 heteroatoms. The zero-order valence-corrected chi connectivity index (χ0v) is 11.8. The molecule has 0 radical (unpaired) electrons. The fourth-order valence-electron chi connectivity index (χ4n) is 1.54. The zero-order chi connectivity index (χ0) is 12.7. The largest absolute Gasteiger partial charge is 0.354 e. The summed E-state index contributed by atoms with van der Waals surface area (Å²) in [6, 6.07) is 0. The third-order valence-corrected chi connectivity index (χ3v) is 1.42. The van der Waals surface area contributed by atoms with E-state index in [2.05, 4.69) is 46.9 Å². The highest BCUT2D eigenvalue weighted by Gasteiger charge is 2.24. The average Bonchev–Trinajstić information content (AvgIpc) is 1.77. The smallest absolute Gasteiger partial charge is 0.207 e. The lowest BCUT2D eigenvalue weighted by molar-refractivity contribution is -0.111. The van der Waals surface area contributed by atoms with Gasteiger partial charge in [-0.05, 0) is 31.6 Å². The molecular weight excluding hydrogens is 186 g/mol. The van der Waals surface area contributed by atoms with E-state index in [4.69, 9.17) is 0 Å². The highest BCUT2D eigenvalue weighted by atomic mass is 16.1. The Morgan fingerprint density at radius 3 is 1.60 bits per heavy atom. The maximum atomic E-state index is 10.2. The first-order chi connectivity index (χ1) is 6.50. The van der Waals surface area contributed by atoms with Crippen LogP contribution in [0.3, 0.4) is 0 Å². The lowest BCUT2D eigenvalue weighted by atomic mass is 9.82. The summed E-state index contributed by atoms with van der Waals surface area (Å²) in [5.74, 6) is 0.833. The van der Waals surface area contributed by atoms with Gasteiger partial charge in [0.2, 0.25) is 6.41 Å². The molecule has 2 nitrogen and oxygen atoms in total. The molecule has 0 aliphatic carbocycles. The van der Waals surface area contributed by atoms with E-state index in [1.165, 1.54) is 0 Å². The number of carbonyl (C=O) groups excluding carboxylic acids is 1. The van der Waals surface area contributed by atoms with Crippen molar-refractivity contribution in [3.05, 3.63) is 0 Å². The van der Waals surface area contributed by atoms with Gasteiger partial charge in [0.05, 0.1) is 0 Å². The molecule has 0 aromatic carbocycles. The fourth-order valence-corrected chi connectivity index (χ4v) is 1.54. The summed E-state index contributed by atoms with van der Waals surface area (Å²) in [7, 11) is 0. The van der Waals surface area contributed by atoms with Crippen molar-refractivity contribution in [1.82, 2.24) is 5.32 Å². The molecule has 0 aliphatic heterocycles. The molecule has 0 fully saturated rings. The highest BCUT2D eigenvalue weighted by Crippen LogP contribution is 2.26. The van der Waals surface area contributed by atoms with E-state index in [-0.39, 0.29) is 11.0 Å². The summed E-state index contributed by atoms with van der Waals surface area (Å²) in [6.45, 7) is 17.1. The first kappa shape index (κ1) is 16.9. The van der Waals surface area contributed by atoms with E-state index in [0.717, 1.165) is 18.7 Å². The standard InChI is InChI=1S/C9H19NO.C4H10/c1-8(2,3)6-9(4,5)10-7-11;1-4(2)3/h7H,6H2,1-5H3,(H,10,11);4H,1-3H3. The monoisotopic (exact) mass is 215 g/mol. The van der Waals surface area contributed by atoms with Crippen LogP contribution in [0.5, 0.6) is 0 Å². The molecule has 0 heterocycles. The predicted molar refractivity (Wildman–Crippen MR) is 67.9 cm³/mol. The maximum absolute atomic E-state index is 10.2. The van der Waals surface area contributed by atoms with Crippen LogP contribution in [0.2, 0.25) is 0 Å². The Bertz CT molecular complexity index is 163. The maximum Gasteiger partial charge on any atom is 0.207 e. The van der Waals surface area contributed by atoms with Crippen LogP contribution in [-0.4, -0.2) is 11.9 Å². The van der Waals surface area contributed by atoms with E-state index < -0.39 is 0 Å². The van der Waals surface area contributed by atoms with Gasteiger partial charge in [0.1, 0.15) is 0 Å². The van der Waals surface area contributed by atoms with Crippen molar-refractivity contribution >= 4 is 6.41 Å². The van der Waals surface area contributed by atoms with Gasteiger partial charge in [-0.2, -0.15) is 0 Å². The van der Waals surface area contributed by atoms with Gasteiger partial charge in [-0.3, -0.25) is 4.79 Å². The van der Waals surface area contributed by atoms with E-state index in [1.807, 2.05) is 13.8 Å². The number of amides is 1. The molecular formula is C13H29NO. The summed E-state index contributed by atoms with van der Waals surface area (Å²) in [5, 5.41) is 2.80. The van der Waals surface area contributed by atoms with Gasteiger partial charge in [-0.1, -0.05) is 41.5 Å². The molecule has 1 N–H and O–H groups in total. The van der Waals surface area contributed by atoms with E-state index >= 15 is 0 Å². The minimum absolute atomic E-state index is 0.0833. The minimum Gasteiger partial charge on any atom is -0.354 e. The number of rotatable bonds is 3. The van der Waals surface area contributed by atoms with Gasteiger partial charge in [0, 0.05) is 5.54 Å². The average molecular weight is 215 g/mol. The van der Waals surface area contributed by atoms with Gasteiger partial charge in [0.25, 0.3) is 0 Å². The third kappa shape index (κ3) is 19.8. The molecule has 0 aromatic rings. The van der Waals surface area contributed by atoms with Crippen molar-refractivity contribution in [3.63, 3.8) is 0 Å². The molecule has 0 unspecified atom stereocenters. The number of carbonyl (C=O) groups is 1. The lowest BCUT2D eigenvalue weighted by Gasteiger charge is -2.31. The first-order valence-electron chi connectivity index (χ1n) is 5.71. The van der Waals surface area contributed by atoms with Crippen LogP contribution < -0.4 is 5.32 Å². The quantitative estimate of drug-likeness (QED) is 0.716. The SMILES string of the molecule is CC(C)(C)CC(C)(C)NC=O.CC(C)C. The Balaban J connectivity index is 0. The van der Waals surface area contributed by atoms with Crippen molar-refractivity contribution < 1.29 is 4.79 Å². The van der Waals surface area contributed by atoms with Gasteiger partial charge in [-0.15, -0.1) is 0 Å². The molecule has 1 amide bonds. The van der Waals surface area contributed by atoms with Crippen LogP contribution in [0.1, 0.15) is 61.8 Å². The molecule has 0 rings (SSSR count). The topological polar surface area (TPSA) is 29.1 Å². The van der Waals surface area contributed by atoms with Crippen molar-refractivity contribution in [3.8, 4) is 0 Å². The van der Waals surface area contributed by atoms with Gasteiger partial charge in [0.15, 0.2) is 0 Å². The van der Waals surface area contributed by atoms with Crippen molar-refractivity contribution in [2.45, 2.75) is 67.3 Å². The van der Waals surface area contributed by atoms with Crippen LogP contribution in [0, 0.1) is 11.3 Å². The minimum atomic E-state index is -0.0833. The Labute approximate surface area is 95.8 Å². The van der Waals surface area contributed by atoms with E-state index in [9.17, 15) is 4.79 Å². The molecule has 15 heavy (non-hydrogen) atoms. The number of hydrogen-bond acceptors (Lipinski definition) is 1. The zero-order valence-electron chi connectivity index (χ0n) is 11.8. The third-order valence-electron chi connectivity index (χ3n) is 1.42. The molecule has 0 aliphatic rings. The van der Waals surface area contributed by atoms with Crippen molar-refractivity contribution in [2.24, 2.45) is 11.3 Å². The summed E-state index contributed by atoms with van der Waals surface area (Å²) in [4.78, 5) is 10.2. The van der Waals surface area contributed by atoms with Crippen molar-refractivity contribution in [2.75, 3.05) is 0 Å². The fraction of sp³-hybridized carbons (Fsp3) is 0.923. The molecule has 0 aromatic heterocycles. The van der Waals surface area contributed by atoms with Gasteiger partial charge < -0.3 is 5.32 Å². The second kappa shape index (κ2) is 6.86. The lowest BCUT2D eigenvalue weighted by Crippen LogP contribution is -2.41. The van der Waals surface area contributed by atoms with E-state index in [0.29, 0.717) is 0 Å². The summed E-state index contributed by atoms with van der Waals surface area (Å²) in [6.07, 6.45) is 1.75. The van der Waals surface area contributed by atoms with E-state index in [1.54, 1.807) is 0 Å². The Morgan fingerprint density at radius 2 is 1.40 bits per heavy atom. The Morgan fingerprint density at radius 1 is 1.07 bits per heavy atom. The summed E-state index contributed by atoms with van der Waals surface area (Å²) >= 11 is 0. The second-order valence-electron chi connectivity index (χ2n) is 6.62. The van der Waals surface area contributed by atoms with Crippen LogP contribution in [0.25, 0.3) is 0 Å². The Kier molecular flexibility index (Phi) is 7.72. The molecule has 0 atom stereocenters. The van der Waals surface area contributed by atoms with Crippen LogP contribution >= 0.6 is 0 Å². The highest BCUT2D eigenvalue weighted by molar-refractivity contribution is 5.47. The summed E-state index contributed by atoms with van der Waals surface area (Å²) in [5.41, 5.74) is 0.180. The predicted octanol–water partition coefficient (Wildman–Crippen LogP) is 3.61. The molecule has 0 bridgehead atoms. The van der Waals surface area contributed by atoms with Crippen LogP contribution in [0.15, 0.2) is 0 Å². The van der Waals surface area contributed by atoms with Crippen molar-refractivity contribution in [1.29, 1.82) is 0 Å². The molecule has 0 saturated heterocycles. The second-order valence-corrected chi connectivity index (χ2v) is 6.62. The van der Waals surface area contributed by atoms with Crippen LogP contribution in [0.4, 0.5) is 0 Å². The van der Waals surface area contributed by atoms with Gasteiger partial charge in [-0.25, -0.2) is 0 Å². The van der Waals surface area contributed by atoms with Gasteiger partial charge >= 0.3 is 0 Å². The molecule has 92 valence electrons. The number of hydrogen-bond donors (Lipinski definition) is 1. The molecule has 0 spiro atoms.